The van der Waals surface area contributed by atoms with Crippen molar-refractivity contribution >= 4 is 0 Å². The number of hydrogen-bond acceptors (Lipinski definition) is 2. The molecule has 4 nitrogen and oxygen atoms in total. The molecule has 0 amide bonds. The molecular formula is C13H11F3N2O2. The zero-order valence-electron chi connectivity index (χ0n) is 10.5. The molecule has 0 saturated carbocycles. The third kappa shape index (κ3) is 2.98. The van der Waals surface area contributed by atoms with E-state index in [0.29, 0.717) is 16.8 Å². The number of aromatic nitrogens is 2. The summed E-state index contributed by atoms with van der Waals surface area (Å²) in [5, 5.41) is 0. The van der Waals surface area contributed by atoms with E-state index in [2.05, 4.69) is 9.97 Å². The Morgan fingerprint density at radius 1 is 1.05 bits per heavy atom. The molecule has 0 aliphatic heterocycles. The molecule has 1 aromatic carbocycles. The topological polar surface area (TPSA) is 65.7 Å². The molecule has 0 aliphatic carbocycles. The zero-order chi connectivity index (χ0) is 14.9. The maximum atomic E-state index is 12.4. The van der Waals surface area contributed by atoms with Crippen LogP contribution in [0.15, 0.2) is 33.9 Å². The highest BCUT2D eigenvalue weighted by atomic mass is 19.4. The smallest absolute Gasteiger partial charge is 0.311 e. The molecule has 7 heteroatoms. The van der Waals surface area contributed by atoms with Crippen molar-refractivity contribution in [1.82, 2.24) is 9.97 Å². The van der Waals surface area contributed by atoms with Crippen LogP contribution in [0.1, 0.15) is 22.4 Å². The minimum Gasteiger partial charge on any atom is -0.311 e. The van der Waals surface area contributed by atoms with Crippen LogP contribution in [0.5, 0.6) is 0 Å². The van der Waals surface area contributed by atoms with Crippen LogP contribution in [0, 0.1) is 6.92 Å². The van der Waals surface area contributed by atoms with E-state index < -0.39 is 23.0 Å². The van der Waals surface area contributed by atoms with Gasteiger partial charge in [-0.05, 0) is 24.6 Å². The van der Waals surface area contributed by atoms with Crippen molar-refractivity contribution in [3.8, 4) is 0 Å². The number of aryl methyl sites for hydroxylation is 1. The summed E-state index contributed by atoms with van der Waals surface area (Å²) < 4.78 is 37.3. The largest absolute Gasteiger partial charge is 0.416 e. The van der Waals surface area contributed by atoms with Gasteiger partial charge in [-0.3, -0.25) is 9.78 Å². The lowest BCUT2D eigenvalue weighted by atomic mass is 10.0. The minimum absolute atomic E-state index is 0.149. The second kappa shape index (κ2) is 4.99. The van der Waals surface area contributed by atoms with Gasteiger partial charge in [-0.1, -0.05) is 12.1 Å². The number of benzene rings is 1. The fraction of sp³-hybridized carbons (Fsp3) is 0.231. The van der Waals surface area contributed by atoms with Crippen LogP contribution in [0.2, 0.25) is 0 Å². The average molecular weight is 284 g/mol. The molecule has 2 aromatic rings. The predicted molar refractivity (Wildman–Crippen MR) is 66.7 cm³/mol. The van der Waals surface area contributed by atoms with E-state index in [4.69, 9.17) is 0 Å². The highest BCUT2D eigenvalue weighted by molar-refractivity contribution is 5.30. The molecule has 0 atom stereocenters. The molecule has 0 aliphatic rings. The Balaban J connectivity index is 2.32. The first kappa shape index (κ1) is 14.1. The molecule has 1 aromatic heterocycles. The van der Waals surface area contributed by atoms with E-state index in [-0.39, 0.29) is 6.42 Å². The predicted octanol–water partition coefficient (Wildman–Crippen LogP) is 1.98. The van der Waals surface area contributed by atoms with Crippen LogP contribution in [0.3, 0.4) is 0 Å². The second-order valence-corrected chi connectivity index (χ2v) is 4.38. The monoisotopic (exact) mass is 284 g/mol. The van der Waals surface area contributed by atoms with Gasteiger partial charge in [-0.15, -0.1) is 0 Å². The summed E-state index contributed by atoms with van der Waals surface area (Å²) in [4.78, 5) is 27.2. The average Bonchev–Trinajstić information content (AvgIpc) is 2.33. The van der Waals surface area contributed by atoms with Crippen LogP contribution >= 0.6 is 0 Å². The molecule has 0 saturated heterocycles. The molecule has 106 valence electrons. The Morgan fingerprint density at radius 2 is 1.65 bits per heavy atom. The van der Waals surface area contributed by atoms with E-state index in [0.717, 1.165) is 12.1 Å². The summed E-state index contributed by atoms with van der Waals surface area (Å²) in [6.07, 6.45) is -4.24. The first-order chi connectivity index (χ1) is 9.27. The summed E-state index contributed by atoms with van der Waals surface area (Å²) in [5.74, 6) is 0. The van der Waals surface area contributed by atoms with Gasteiger partial charge in [0.25, 0.3) is 5.56 Å². The van der Waals surface area contributed by atoms with Gasteiger partial charge in [0, 0.05) is 17.7 Å². The molecule has 20 heavy (non-hydrogen) atoms. The third-order valence-electron chi connectivity index (χ3n) is 2.92. The van der Waals surface area contributed by atoms with Crippen molar-refractivity contribution in [3.05, 3.63) is 67.5 Å². The van der Waals surface area contributed by atoms with Crippen LogP contribution in [0.25, 0.3) is 0 Å². The first-order valence-electron chi connectivity index (χ1n) is 5.75. The van der Waals surface area contributed by atoms with Crippen molar-refractivity contribution in [2.75, 3.05) is 0 Å². The number of H-pyrrole nitrogens is 2. The van der Waals surface area contributed by atoms with Crippen molar-refractivity contribution in [2.24, 2.45) is 0 Å². The molecule has 0 fully saturated rings. The fourth-order valence-corrected chi connectivity index (χ4v) is 1.85. The van der Waals surface area contributed by atoms with Gasteiger partial charge in [-0.2, -0.15) is 13.2 Å². The minimum atomic E-state index is -4.39. The molecule has 0 radical (unpaired) electrons. The number of alkyl halides is 3. The lowest BCUT2D eigenvalue weighted by Gasteiger charge is -2.08. The maximum absolute atomic E-state index is 12.4. The second-order valence-electron chi connectivity index (χ2n) is 4.38. The SMILES string of the molecule is Cc1[nH]c(=O)[nH]c(=O)c1Cc1ccc(C(F)(F)F)cc1. The maximum Gasteiger partial charge on any atom is 0.416 e. The molecule has 2 N–H and O–H groups in total. The van der Waals surface area contributed by atoms with E-state index >= 15 is 0 Å². The molecule has 0 bridgehead atoms. The number of hydrogen-bond donors (Lipinski definition) is 2. The number of aromatic amines is 2. The quantitative estimate of drug-likeness (QED) is 0.885. The summed E-state index contributed by atoms with van der Waals surface area (Å²) in [6.45, 7) is 1.57. The lowest BCUT2D eigenvalue weighted by molar-refractivity contribution is -0.137. The third-order valence-corrected chi connectivity index (χ3v) is 2.92. The highest BCUT2D eigenvalue weighted by Crippen LogP contribution is 2.29. The molecule has 1 heterocycles. The Labute approximate surface area is 111 Å². The van der Waals surface area contributed by atoms with Crippen molar-refractivity contribution in [1.29, 1.82) is 0 Å². The lowest BCUT2D eigenvalue weighted by Crippen LogP contribution is -2.27. The van der Waals surface area contributed by atoms with Gasteiger partial charge < -0.3 is 4.98 Å². The van der Waals surface area contributed by atoms with Gasteiger partial charge in [-0.25, -0.2) is 4.79 Å². The van der Waals surface area contributed by atoms with E-state index in [1.165, 1.54) is 12.1 Å². The van der Waals surface area contributed by atoms with Crippen LogP contribution < -0.4 is 11.2 Å². The molecule has 0 spiro atoms. The van der Waals surface area contributed by atoms with Gasteiger partial charge in [0.2, 0.25) is 0 Å². The molecular weight excluding hydrogens is 273 g/mol. The summed E-state index contributed by atoms with van der Waals surface area (Å²) >= 11 is 0. The Hall–Kier alpha value is -2.31. The highest BCUT2D eigenvalue weighted by Gasteiger charge is 2.29. The van der Waals surface area contributed by atoms with Crippen molar-refractivity contribution in [2.45, 2.75) is 19.5 Å². The first-order valence-corrected chi connectivity index (χ1v) is 5.75. The number of rotatable bonds is 2. The van der Waals surface area contributed by atoms with Gasteiger partial charge in [0.15, 0.2) is 0 Å². The normalized spacial score (nSPS) is 11.6. The Morgan fingerprint density at radius 3 is 2.15 bits per heavy atom. The zero-order valence-corrected chi connectivity index (χ0v) is 10.5. The number of nitrogens with one attached hydrogen (secondary N) is 2. The van der Waals surface area contributed by atoms with Crippen LogP contribution in [0.4, 0.5) is 13.2 Å². The van der Waals surface area contributed by atoms with Gasteiger partial charge in [0.1, 0.15) is 0 Å². The van der Waals surface area contributed by atoms with E-state index in [1.54, 1.807) is 6.92 Å². The summed E-state index contributed by atoms with van der Waals surface area (Å²) in [5.41, 5.74) is -0.607. The van der Waals surface area contributed by atoms with Gasteiger partial charge >= 0.3 is 11.9 Å². The molecule has 0 unspecified atom stereocenters. The Kier molecular flexibility index (Phi) is 3.52. The van der Waals surface area contributed by atoms with Crippen molar-refractivity contribution < 1.29 is 13.2 Å². The number of halogens is 3. The summed E-state index contributed by atoms with van der Waals surface area (Å²) in [6, 6.07) is 4.55. The van der Waals surface area contributed by atoms with E-state index in [9.17, 15) is 22.8 Å². The van der Waals surface area contributed by atoms with Crippen LogP contribution in [-0.2, 0) is 12.6 Å². The standard InChI is InChI=1S/C13H11F3N2O2/c1-7-10(11(19)18-12(20)17-7)6-8-2-4-9(5-3-8)13(14,15)16/h2-5H,6H2,1H3,(H2,17,18,19,20). The summed E-state index contributed by atoms with van der Waals surface area (Å²) in [7, 11) is 0. The van der Waals surface area contributed by atoms with Crippen LogP contribution in [-0.4, -0.2) is 9.97 Å². The fourth-order valence-electron chi connectivity index (χ4n) is 1.85. The van der Waals surface area contributed by atoms with Crippen molar-refractivity contribution in [3.63, 3.8) is 0 Å². The van der Waals surface area contributed by atoms with E-state index in [1.807, 2.05) is 0 Å². The Bertz CT molecular complexity index is 727. The molecule has 2 rings (SSSR count). The van der Waals surface area contributed by atoms with Gasteiger partial charge in [0.05, 0.1) is 5.56 Å².